The summed E-state index contributed by atoms with van der Waals surface area (Å²) < 4.78 is 6.48. The van der Waals surface area contributed by atoms with Gasteiger partial charge in [0.15, 0.2) is 0 Å². The second-order valence-corrected chi connectivity index (χ2v) is 6.28. The summed E-state index contributed by atoms with van der Waals surface area (Å²) in [5.74, 6) is -0.269. The summed E-state index contributed by atoms with van der Waals surface area (Å²) in [5.41, 5.74) is 6.35. The van der Waals surface area contributed by atoms with Crippen LogP contribution >= 0.6 is 11.3 Å². The van der Waals surface area contributed by atoms with Crippen molar-refractivity contribution in [2.75, 3.05) is 5.73 Å². The molecule has 2 rings (SSSR count). The van der Waals surface area contributed by atoms with Gasteiger partial charge < -0.3 is 10.5 Å². The van der Waals surface area contributed by atoms with Gasteiger partial charge in [-0.1, -0.05) is 20.8 Å². The second-order valence-electron chi connectivity index (χ2n) is 5.34. The molecule has 7 nitrogen and oxygen atoms in total. The van der Waals surface area contributed by atoms with Crippen LogP contribution in [0.15, 0.2) is 11.7 Å². The van der Waals surface area contributed by atoms with E-state index in [4.69, 9.17) is 10.5 Å². The van der Waals surface area contributed by atoms with Crippen molar-refractivity contribution in [1.82, 2.24) is 19.7 Å². The molecular weight excluding hydrogens is 278 g/mol. The molecule has 0 unspecified atom stereocenters. The first-order valence-electron chi connectivity index (χ1n) is 6.10. The minimum Gasteiger partial charge on any atom is -0.457 e. The number of aromatic nitrogens is 4. The molecule has 0 fully saturated rings. The van der Waals surface area contributed by atoms with Gasteiger partial charge in [0.05, 0.1) is 5.69 Å². The molecule has 0 saturated heterocycles. The van der Waals surface area contributed by atoms with Gasteiger partial charge in [-0.25, -0.2) is 14.6 Å². The highest BCUT2D eigenvalue weighted by Crippen LogP contribution is 2.24. The van der Waals surface area contributed by atoms with Crippen molar-refractivity contribution in [1.29, 1.82) is 0 Å². The van der Waals surface area contributed by atoms with Gasteiger partial charge in [-0.05, 0) is 0 Å². The molecule has 108 valence electrons. The van der Waals surface area contributed by atoms with E-state index in [0.717, 1.165) is 10.7 Å². The van der Waals surface area contributed by atoms with Crippen LogP contribution in [0, 0.1) is 0 Å². The lowest BCUT2D eigenvalue weighted by molar-refractivity contribution is -0.145. The Morgan fingerprint density at radius 3 is 2.80 bits per heavy atom. The first kappa shape index (κ1) is 14.4. The third-order valence-electron chi connectivity index (χ3n) is 2.52. The summed E-state index contributed by atoms with van der Waals surface area (Å²) in [6.07, 6.45) is 1.39. The van der Waals surface area contributed by atoms with E-state index in [9.17, 15) is 4.79 Å². The third kappa shape index (κ3) is 3.77. The van der Waals surface area contributed by atoms with Crippen LogP contribution < -0.4 is 5.73 Å². The monoisotopic (exact) mass is 295 g/mol. The highest BCUT2D eigenvalue weighted by molar-refractivity contribution is 7.09. The van der Waals surface area contributed by atoms with Crippen molar-refractivity contribution in [3.63, 3.8) is 0 Å². The predicted octanol–water partition coefficient (Wildman–Crippen LogP) is 1.36. The zero-order chi connectivity index (χ0) is 14.8. The number of anilines is 1. The van der Waals surface area contributed by atoms with Gasteiger partial charge in [-0.2, -0.15) is 0 Å². The Bertz CT molecular complexity index is 599. The molecule has 2 heterocycles. The zero-order valence-corrected chi connectivity index (χ0v) is 12.5. The van der Waals surface area contributed by atoms with E-state index in [1.54, 1.807) is 0 Å². The van der Waals surface area contributed by atoms with Crippen LogP contribution in [0.3, 0.4) is 0 Å². The zero-order valence-electron chi connectivity index (χ0n) is 11.7. The lowest BCUT2D eigenvalue weighted by atomic mass is 9.93. The number of hydrogen-bond acceptors (Lipinski definition) is 7. The minimum absolute atomic E-state index is 0.00296. The fourth-order valence-corrected chi connectivity index (χ4v) is 2.36. The number of carbonyl (C=O) groups excluding carboxylic acids is 1. The van der Waals surface area contributed by atoms with Crippen molar-refractivity contribution >= 4 is 23.3 Å². The Hall–Kier alpha value is -1.96. The maximum atomic E-state index is 11.6. The van der Waals surface area contributed by atoms with E-state index in [2.05, 4.69) is 35.8 Å². The number of carbonyl (C=O) groups is 1. The molecule has 2 aromatic heterocycles. The SMILES string of the molecule is CC(C)(C)c1csc(COC(=O)Cn2cnc(N)n2)n1. The molecule has 0 atom stereocenters. The maximum absolute atomic E-state index is 11.6. The van der Waals surface area contributed by atoms with Crippen LogP contribution in [0.5, 0.6) is 0 Å². The number of rotatable bonds is 4. The van der Waals surface area contributed by atoms with Gasteiger partial charge >= 0.3 is 5.97 Å². The van der Waals surface area contributed by atoms with Crippen molar-refractivity contribution in [3.8, 4) is 0 Å². The molecule has 0 amide bonds. The lowest BCUT2D eigenvalue weighted by Crippen LogP contribution is -2.14. The Labute approximate surface area is 120 Å². The molecule has 0 aliphatic carbocycles. The molecule has 0 aromatic carbocycles. The first-order valence-corrected chi connectivity index (χ1v) is 6.98. The van der Waals surface area contributed by atoms with Gasteiger partial charge in [0.2, 0.25) is 5.95 Å². The molecule has 20 heavy (non-hydrogen) atoms. The Balaban J connectivity index is 1.86. The van der Waals surface area contributed by atoms with Crippen LogP contribution in [-0.2, 0) is 28.1 Å². The lowest BCUT2D eigenvalue weighted by Gasteiger charge is -2.14. The number of nitrogen functional groups attached to an aromatic ring is 1. The van der Waals surface area contributed by atoms with Crippen LogP contribution in [0.2, 0.25) is 0 Å². The Morgan fingerprint density at radius 2 is 2.25 bits per heavy atom. The van der Waals surface area contributed by atoms with Crippen LogP contribution in [0.1, 0.15) is 31.5 Å². The summed E-state index contributed by atoms with van der Waals surface area (Å²) in [7, 11) is 0. The van der Waals surface area contributed by atoms with Crippen LogP contribution in [-0.4, -0.2) is 25.7 Å². The molecule has 0 aliphatic heterocycles. The number of esters is 1. The number of hydrogen-bond donors (Lipinski definition) is 1. The fourth-order valence-electron chi connectivity index (χ4n) is 1.43. The number of nitrogens with two attached hydrogens (primary N) is 1. The largest absolute Gasteiger partial charge is 0.457 e. The van der Waals surface area contributed by atoms with E-state index >= 15 is 0 Å². The highest BCUT2D eigenvalue weighted by atomic mass is 32.1. The topological polar surface area (TPSA) is 95.9 Å². The molecule has 0 saturated carbocycles. The predicted molar refractivity (Wildman–Crippen MR) is 75.0 cm³/mol. The average Bonchev–Trinajstić information content (AvgIpc) is 2.95. The Kier molecular flexibility index (Phi) is 4.03. The van der Waals surface area contributed by atoms with E-state index in [-0.39, 0.29) is 24.5 Å². The van der Waals surface area contributed by atoms with Gasteiger partial charge in [0, 0.05) is 10.8 Å². The van der Waals surface area contributed by atoms with Gasteiger partial charge in [-0.3, -0.25) is 4.79 Å². The molecular formula is C12H17N5O2S. The van der Waals surface area contributed by atoms with E-state index in [1.807, 2.05) is 5.38 Å². The number of thiazole rings is 1. The summed E-state index contributed by atoms with van der Waals surface area (Å²) >= 11 is 1.49. The Morgan fingerprint density at radius 1 is 1.50 bits per heavy atom. The first-order chi connectivity index (χ1) is 9.34. The van der Waals surface area contributed by atoms with E-state index < -0.39 is 5.97 Å². The second kappa shape index (κ2) is 5.58. The van der Waals surface area contributed by atoms with Crippen LogP contribution in [0.25, 0.3) is 0 Å². The van der Waals surface area contributed by atoms with Gasteiger partial charge in [-0.15, -0.1) is 16.4 Å². The van der Waals surface area contributed by atoms with Crippen molar-refractivity contribution < 1.29 is 9.53 Å². The van der Waals surface area contributed by atoms with Crippen molar-refractivity contribution in [2.45, 2.75) is 39.3 Å². The van der Waals surface area contributed by atoms with Gasteiger partial charge in [0.1, 0.15) is 24.5 Å². The summed E-state index contributed by atoms with van der Waals surface area (Å²) in [6, 6.07) is 0. The summed E-state index contributed by atoms with van der Waals surface area (Å²) in [6.45, 7) is 6.43. The molecule has 0 radical (unpaired) electrons. The van der Waals surface area contributed by atoms with Crippen molar-refractivity contribution in [3.05, 3.63) is 22.4 Å². The molecule has 2 aromatic rings. The molecule has 2 N–H and O–H groups in total. The standard InChI is InChI=1S/C12H17N5O2S/c1-12(2,3)8-6-20-9(15-8)5-19-10(18)4-17-7-14-11(13)16-17/h6-7H,4-5H2,1-3H3,(H2,13,16). The number of nitrogens with zero attached hydrogens (tertiary/aromatic N) is 4. The van der Waals surface area contributed by atoms with Crippen molar-refractivity contribution in [2.24, 2.45) is 0 Å². The molecule has 0 spiro atoms. The van der Waals surface area contributed by atoms with E-state index in [0.29, 0.717) is 0 Å². The molecule has 0 aliphatic rings. The minimum atomic E-state index is -0.401. The number of ether oxygens (including phenoxy) is 1. The molecule has 0 bridgehead atoms. The average molecular weight is 295 g/mol. The maximum Gasteiger partial charge on any atom is 0.328 e. The van der Waals surface area contributed by atoms with E-state index in [1.165, 1.54) is 22.3 Å². The summed E-state index contributed by atoms with van der Waals surface area (Å²) in [4.78, 5) is 19.8. The quantitative estimate of drug-likeness (QED) is 0.855. The van der Waals surface area contributed by atoms with Crippen LogP contribution in [0.4, 0.5) is 5.95 Å². The highest BCUT2D eigenvalue weighted by Gasteiger charge is 2.17. The molecule has 8 heteroatoms. The van der Waals surface area contributed by atoms with Gasteiger partial charge in [0.25, 0.3) is 0 Å². The third-order valence-corrected chi connectivity index (χ3v) is 3.34. The normalized spacial score (nSPS) is 11.6. The summed E-state index contributed by atoms with van der Waals surface area (Å²) in [5, 5.41) is 6.58. The smallest absolute Gasteiger partial charge is 0.328 e. The fraction of sp³-hybridized carbons (Fsp3) is 0.500.